The highest BCUT2D eigenvalue weighted by atomic mass is 16.1. The van der Waals surface area contributed by atoms with Crippen LogP contribution in [-0.4, -0.2) is 17.3 Å². The van der Waals surface area contributed by atoms with Gasteiger partial charge < -0.3 is 0 Å². The Hall–Kier alpha value is -0.990. The number of fused-ring (bicyclic) bond motifs is 5. The summed E-state index contributed by atoms with van der Waals surface area (Å²) in [6, 6.07) is 0. The van der Waals surface area contributed by atoms with E-state index in [0.29, 0.717) is 49.0 Å². The standard InChI is InChI=1S/C19H26O3/c1-18-7-5-12(20)9-11(18)10-15(21)17-13-3-4-16(22)19(13,2)8-6-14(17)18/h11,13-14,17H,3-10H2,1-2H3/t11-,13+,14-,17-,18+,19+/m1/s1. The van der Waals surface area contributed by atoms with Gasteiger partial charge in [-0.2, -0.15) is 0 Å². The van der Waals surface area contributed by atoms with Crippen molar-refractivity contribution in [3.05, 3.63) is 0 Å². The Labute approximate surface area is 132 Å². The van der Waals surface area contributed by atoms with Crippen LogP contribution in [0.15, 0.2) is 0 Å². The zero-order valence-electron chi connectivity index (χ0n) is 13.7. The molecular weight excluding hydrogens is 276 g/mol. The van der Waals surface area contributed by atoms with E-state index in [2.05, 4.69) is 13.8 Å². The molecule has 6 atom stereocenters. The first-order valence-corrected chi connectivity index (χ1v) is 8.94. The summed E-state index contributed by atoms with van der Waals surface area (Å²) < 4.78 is 0. The summed E-state index contributed by atoms with van der Waals surface area (Å²) in [6.45, 7) is 4.43. The molecule has 4 rings (SSSR count). The second-order valence-corrected chi connectivity index (χ2v) is 8.77. The highest BCUT2D eigenvalue weighted by Gasteiger charge is 2.62. The van der Waals surface area contributed by atoms with Gasteiger partial charge in [0.2, 0.25) is 0 Å². The maximum atomic E-state index is 12.9. The molecule has 0 aromatic rings. The van der Waals surface area contributed by atoms with Gasteiger partial charge in [-0.1, -0.05) is 13.8 Å². The fourth-order valence-corrected chi connectivity index (χ4v) is 6.50. The highest BCUT2D eigenvalue weighted by molar-refractivity contribution is 5.91. The van der Waals surface area contributed by atoms with Crippen LogP contribution in [0, 0.1) is 34.5 Å². The molecule has 3 heteroatoms. The molecule has 4 saturated carbocycles. The van der Waals surface area contributed by atoms with Crippen LogP contribution in [0.3, 0.4) is 0 Å². The lowest BCUT2D eigenvalue weighted by molar-refractivity contribution is -0.158. The number of Topliss-reactive ketones (excluding diaryl/α,β-unsaturated/α-hetero) is 3. The number of carbonyl (C=O) groups is 3. The van der Waals surface area contributed by atoms with E-state index in [9.17, 15) is 14.4 Å². The minimum Gasteiger partial charge on any atom is -0.300 e. The third-order valence-electron chi connectivity index (χ3n) is 8.00. The molecule has 0 bridgehead atoms. The quantitative estimate of drug-likeness (QED) is 0.689. The number of hydrogen-bond donors (Lipinski definition) is 0. The third-order valence-corrected chi connectivity index (χ3v) is 8.00. The Bertz CT molecular complexity index is 565. The summed E-state index contributed by atoms with van der Waals surface area (Å²) in [5.41, 5.74) is -0.107. The summed E-state index contributed by atoms with van der Waals surface area (Å²) in [5, 5.41) is 0. The van der Waals surface area contributed by atoms with E-state index in [1.54, 1.807) is 0 Å². The van der Waals surface area contributed by atoms with E-state index in [1.165, 1.54) is 0 Å². The molecule has 4 aliphatic rings. The van der Waals surface area contributed by atoms with Crippen LogP contribution in [0.5, 0.6) is 0 Å². The summed E-state index contributed by atoms with van der Waals surface area (Å²) in [6.07, 6.45) is 6.32. The molecule has 0 amide bonds. The van der Waals surface area contributed by atoms with Crippen LogP contribution in [0.2, 0.25) is 0 Å². The maximum absolute atomic E-state index is 12.9. The van der Waals surface area contributed by atoms with E-state index in [1.807, 2.05) is 0 Å². The molecule has 3 nitrogen and oxygen atoms in total. The molecule has 0 radical (unpaired) electrons. The van der Waals surface area contributed by atoms with Gasteiger partial charge in [0.15, 0.2) is 0 Å². The van der Waals surface area contributed by atoms with Crippen molar-refractivity contribution in [2.75, 3.05) is 0 Å². The zero-order valence-corrected chi connectivity index (χ0v) is 13.7. The smallest absolute Gasteiger partial charge is 0.139 e. The lowest BCUT2D eigenvalue weighted by Gasteiger charge is -2.58. The molecule has 4 aliphatic carbocycles. The van der Waals surface area contributed by atoms with E-state index in [4.69, 9.17) is 0 Å². The molecule has 0 aromatic heterocycles. The fourth-order valence-electron chi connectivity index (χ4n) is 6.50. The van der Waals surface area contributed by atoms with Crippen molar-refractivity contribution in [2.45, 2.75) is 65.2 Å². The first kappa shape index (κ1) is 14.6. The first-order chi connectivity index (χ1) is 10.4. The molecule has 0 saturated heterocycles. The predicted octanol–water partition coefficient (Wildman–Crippen LogP) is 3.35. The van der Waals surface area contributed by atoms with Gasteiger partial charge in [0.05, 0.1) is 0 Å². The van der Waals surface area contributed by atoms with Gasteiger partial charge in [-0.15, -0.1) is 0 Å². The molecule has 0 heterocycles. The van der Waals surface area contributed by atoms with Gasteiger partial charge in [0.25, 0.3) is 0 Å². The molecule has 0 aromatic carbocycles. The van der Waals surface area contributed by atoms with Crippen molar-refractivity contribution in [3.8, 4) is 0 Å². The maximum Gasteiger partial charge on any atom is 0.139 e. The van der Waals surface area contributed by atoms with Crippen LogP contribution in [0.1, 0.15) is 65.2 Å². The topological polar surface area (TPSA) is 51.2 Å². The third kappa shape index (κ3) is 1.71. The van der Waals surface area contributed by atoms with Crippen molar-refractivity contribution in [3.63, 3.8) is 0 Å². The van der Waals surface area contributed by atoms with Crippen LogP contribution >= 0.6 is 0 Å². The number of ketones is 3. The van der Waals surface area contributed by atoms with Gasteiger partial charge >= 0.3 is 0 Å². The molecule has 0 N–H and O–H groups in total. The number of hydrogen-bond acceptors (Lipinski definition) is 3. The molecule has 0 spiro atoms. The van der Waals surface area contributed by atoms with Crippen LogP contribution in [0.4, 0.5) is 0 Å². The normalized spacial score (nSPS) is 51.3. The average molecular weight is 302 g/mol. The number of rotatable bonds is 0. The van der Waals surface area contributed by atoms with Crippen LogP contribution in [0.25, 0.3) is 0 Å². The minimum absolute atomic E-state index is 0.0830. The minimum atomic E-state index is -0.246. The molecule has 0 unspecified atom stereocenters. The monoisotopic (exact) mass is 302 g/mol. The average Bonchev–Trinajstić information content (AvgIpc) is 2.77. The highest BCUT2D eigenvalue weighted by Crippen LogP contribution is 2.64. The van der Waals surface area contributed by atoms with Crippen molar-refractivity contribution in [1.82, 2.24) is 0 Å². The van der Waals surface area contributed by atoms with Crippen molar-refractivity contribution in [2.24, 2.45) is 34.5 Å². The molecular formula is C19H26O3. The van der Waals surface area contributed by atoms with Gasteiger partial charge in [-0.3, -0.25) is 14.4 Å². The lowest BCUT2D eigenvalue weighted by Crippen LogP contribution is -2.57. The van der Waals surface area contributed by atoms with Gasteiger partial charge in [-0.05, 0) is 48.9 Å². The Morgan fingerprint density at radius 2 is 1.68 bits per heavy atom. The van der Waals surface area contributed by atoms with Crippen molar-refractivity contribution in [1.29, 1.82) is 0 Å². The second-order valence-electron chi connectivity index (χ2n) is 8.77. The summed E-state index contributed by atoms with van der Waals surface area (Å²) >= 11 is 0. The molecule has 4 fully saturated rings. The largest absolute Gasteiger partial charge is 0.300 e. The van der Waals surface area contributed by atoms with Gasteiger partial charge in [0, 0.05) is 37.0 Å². The van der Waals surface area contributed by atoms with Gasteiger partial charge in [0.1, 0.15) is 17.3 Å². The molecule has 22 heavy (non-hydrogen) atoms. The second kappa shape index (κ2) is 4.52. The van der Waals surface area contributed by atoms with E-state index in [-0.39, 0.29) is 28.6 Å². The number of carbonyl (C=O) groups excluding carboxylic acids is 3. The SMILES string of the molecule is C[C@]12CCC(=O)C[C@@H]1CC(=O)[C@H]1[C@H]2CC[C@]2(C)C(=O)CC[C@@H]12. The Morgan fingerprint density at radius 1 is 0.909 bits per heavy atom. The van der Waals surface area contributed by atoms with Crippen molar-refractivity contribution >= 4 is 17.3 Å². The Balaban J connectivity index is 1.72. The van der Waals surface area contributed by atoms with Crippen LogP contribution in [-0.2, 0) is 14.4 Å². The first-order valence-electron chi connectivity index (χ1n) is 8.94. The van der Waals surface area contributed by atoms with Gasteiger partial charge in [-0.25, -0.2) is 0 Å². The van der Waals surface area contributed by atoms with Crippen molar-refractivity contribution < 1.29 is 14.4 Å². The van der Waals surface area contributed by atoms with E-state index >= 15 is 0 Å². The Morgan fingerprint density at radius 3 is 2.45 bits per heavy atom. The van der Waals surface area contributed by atoms with Crippen LogP contribution < -0.4 is 0 Å². The predicted molar refractivity (Wildman–Crippen MR) is 82.1 cm³/mol. The molecule has 0 aliphatic heterocycles. The summed E-state index contributed by atoms with van der Waals surface area (Å²) in [5.74, 6) is 2.08. The zero-order chi connectivity index (χ0) is 15.7. The van der Waals surface area contributed by atoms with E-state index in [0.717, 1.165) is 25.7 Å². The molecule has 120 valence electrons. The lowest BCUT2D eigenvalue weighted by atomic mass is 9.45. The summed E-state index contributed by atoms with van der Waals surface area (Å²) in [4.78, 5) is 37.1. The Kier molecular flexibility index (Phi) is 3.00. The summed E-state index contributed by atoms with van der Waals surface area (Å²) in [7, 11) is 0. The fraction of sp³-hybridized carbons (Fsp3) is 0.842. The van der Waals surface area contributed by atoms with E-state index < -0.39 is 0 Å².